The molecule has 0 radical (unpaired) electrons. The topological polar surface area (TPSA) is 40.7 Å². The van der Waals surface area contributed by atoms with Crippen LogP contribution >= 0.6 is 0 Å². The van der Waals surface area contributed by atoms with Crippen LogP contribution in [0.15, 0.2) is 24.3 Å². The molecule has 0 spiro atoms. The van der Waals surface area contributed by atoms with Gasteiger partial charge < -0.3 is 10.3 Å². The molecule has 19 heavy (non-hydrogen) atoms. The number of aromatic nitrogens is 2. The Hall–Kier alpha value is -1.51. The number of hydrogen-bond acceptors (Lipinski definition) is 2. The van der Waals surface area contributed by atoms with Crippen molar-refractivity contribution >= 4 is 17.0 Å². The van der Waals surface area contributed by atoms with E-state index < -0.39 is 0 Å². The number of aromatic amines is 1. The van der Waals surface area contributed by atoms with Crippen molar-refractivity contribution < 1.29 is 0 Å². The summed E-state index contributed by atoms with van der Waals surface area (Å²) in [5, 5.41) is 3.64. The van der Waals surface area contributed by atoms with Crippen molar-refractivity contribution in [2.75, 3.05) is 5.32 Å². The van der Waals surface area contributed by atoms with Gasteiger partial charge in [0.15, 0.2) is 0 Å². The van der Waals surface area contributed by atoms with Crippen molar-refractivity contribution in [3.63, 3.8) is 0 Å². The molecule has 0 aliphatic heterocycles. The average Bonchev–Trinajstić information content (AvgIpc) is 2.81. The molecule has 1 aromatic heterocycles. The van der Waals surface area contributed by atoms with Crippen LogP contribution in [-0.4, -0.2) is 16.0 Å². The zero-order chi connectivity index (χ0) is 13.2. The van der Waals surface area contributed by atoms with Crippen molar-refractivity contribution in [1.82, 2.24) is 9.97 Å². The lowest BCUT2D eigenvalue weighted by Gasteiger charge is -2.34. The first-order valence-corrected chi connectivity index (χ1v) is 7.45. The highest BCUT2D eigenvalue weighted by molar-refractivity contribution is 5.77. The molecule has 1 aliphatic rings. The number of H-pyrrole nitrogens is 1. The molecule has 102 valence electrons. The fourth-order valence-corrected chi connectivity index (χ4v) is 3.33. The standard InChI is InChI=1S/C16H23N3/c1-11(2)12-7-3-4-8-13(12)17-16-18-14-9-5-6-10-15(14)19-16/h5-6,9-13H,3-4,7-8H2,1-2H3,(H2,17,18,19). The molecule has 1 heterocycles. The lowest BCUT2D eigenvalue weighted by Crippen LogP contribution is -2.35. The van der Waals surface area contributed by atoms with Gasteiger partial charge in [-0.05, 0) is 36.8 Å². The number of nitrogens with one attached hydrogen (secondary N) is 2. The monoisotopic (exact) mass is 257 g/mol. The molecule has 2 unspecified atom stereocenters. The molecule has 3 heteroatoms. The number of nitrogens with zero attached hydrogens (tertiary/aromatic N) is 1. The van der Waals surface area contributed by atoms with E-state index in [0.29, 0.717) is 6.04 Å². The predicted molar refractivity (Wildman–Crippen MR) is 80.3 cm³/mol. The number of hydrogen-bond donors (Lipinski definition) is 2. The van der Waals surface area contributed by atoms with Crippen LogP contribution in [0.4, 0.5) is 5.95 Å². The van der Waals surface area contributed by atoms with Crippen LogP contribution in [0.2, 0.25) is 0 Å². The van der Waals surface area contributed by atoms with Gasteiger partial charge in [-0.3, -0.25) is 0 Å². The van der Waals surface area contributed by atoms with Gasteiger partial charge in [0, 0.05) is 6.04 Å². The van der Waals surface area contributed by atoms with E-state index in [2.05, 4.69) is 41.3 Å². The lowest BCUT2D eigenvalue weighted by atomic mass is 9.78. The maximum absolute atomic E-state index is 4.63. The van der Waals surface area contributed by atoms with Gasteiger partial charge in [0.2, 0.25) is 5.95 Å². The van der Waals surface area contributed by atoms with E-state index in [-0.39, 0.29) is 0 Å². The summed E-state index contributed by atoms with van der Waals surface area (Å²) in [6.45, 7) is 4.67. The minimum atomic E-state index is 0.564. The fraction of sp³-hybridized carbons (Fsp3) is 0.562. The molecule has 3 rings (SSSR count). The van der Waals surface area contributed by atoms with E-state index in [1.807, 2.05) is 12.1 Å². The Labute approximate surface area is 114 Å². The van der Waals surface area contributed by atoms with Gasteiger partial charge in [-0.15, -0.1) is 0 Å². The summed E-state index contributed by atoms with van der Waals surface area (Å²) in [7, 11) is 0. The number of fused-ring (bicyclic) bond motifs is 1. The molecule has 2 N–H and O–H groups in total. The maximum Gasteiger partial charge on any atom is 0.201 e. The normalized spacial score (nSPS) is 23.9. The van der Waals surface area contributed by atoms with E-state index in [0.717, 1.165) is 28.8 Å². The summed E-state index contributed by atoms with van der Waals surface area (Å²) < 4.78 is 0. The summed E-state index contributed by atoms with van der Waals surface area (Å²) >= 11 is 0. The molecular formula is C16H23N3. The van der Waals surface area contributed by atoms with Crippen molar-refractivity contribution in [2.45, 2.75) is 45.6 Å². The second-order valence-electron chi connectivity index (χ2n) is 6.05. The second kappa shape index (κ2) is 5.24. The van der Waals surface area contributed by atoms with Crippen LogP contribution in [0.1, 0.15) is 39.5 Å². The first-order chi connectivity index (χ1) is 9.24. The zero-order valence-corrected chi connectivity index (χ0v) is 11.8. The summed E-state index contributed by atoms with van der Waals surface area (Å²) in [5.74, 6) is 2.43. The first kappa shape index (κ1) is 12.5. The number of benzene rings is 1. The van der Waals surface area contributed by atoms with E-state index in [1.54, 1.807) is 0 Å². The van der Waals surface area contributed by atoms with Crippen molar-refractivity contribution in [3.05, 3.63) is 24.3 Å². The number of anilines is 1. The van der Waals surface area contributed by atoms with E-state index >= 15 is 0 Å². The summed E-state index contributed by atoms with van der Waals surface area (Å²) in [6.07, 6.45) is 5.32. The highest BCUT2D eigenvalue weighted by Crippen LogP contribution is 2.32. The molecule has 1 aliphatic carbocycles. The van der Waals surface area contributed by atoms with Crippen LogP contribution in [0.25, 0.3) is 11.0 Å². The Balaban J connectivity index is 1.79. The van der Waals surface area contributed by atoms with Gasteiger partial charge in [0.25, 0.3) is 0 Å². The molecule has 0 saturated heterocycles. The molecule has 1 aromatic carbocycles. The molecule has 0 bridgehead atoms. The number of para-hydroxylation sites is 2. The number of rotatable bonds is 3. The second-order valence-corrected chi connectivity index (χ2v) is 6.05. The molecule has 0 amide bonds. The molecule has 1 fully saturated rings. The van der Waals surface area contributed by atoms with E-state index in [4.69, 9.17) is 0 Å². The lowest BCUT2D eigenvalue weighted by molar-refractivity contribution is 0.253. The minimum Gasteiger partial charge on any atom is -0.353 e. The van der Waals surface area contributed by atoms with Crippen molar-refractivity contribution in [2.24, 2.45) is 11.8 Å². The van der Waals surface area contributed by atoms with Crippen LogP contribution in [0.5, 0.6) is 0 Å². The summed E-state index contributed by atoms with van der Waals surface area (Å²) in [5.41, 5.74) is 2.16. The van der Waals surface area contributed by atoms with Gasteiger partial charge in [-0.2, -0.15) is 0 Å². The first-order valence-electron chi connectivity index (χ1n) is 7.45. The Morgan fingerprint density at radius 1 is 1.21 bits per heavy atom. The van der Waals surface area contributed by atoms with Crippen molar-refractivity contribution in [3.8, 4) is 0 Å². The van der Waals surface area contributed by atoms with E-state index in [1.165, 1.54) is 25.7 Å². The highest BCUT2D eigenvalue weighted by atomic mass is 15.1. The minimum absolute atomic E-state index is 0.564. The largest absolute Gasteiger partial charge is 0.353 e. The Morgan fingerprint density at radius 3 is 2.79 bits per heavy atom. The predicted octanol–water partition coefficient (Wildman–Crippen LogP) is 4.19. The third-order valence-electron chi connectivity index (χ3n) is 4.39. The smallest absolute Gasteiger partial charge is 0.201 e. The SMILES string of the molecule is CC(C)C1CCCCC1Nc1nc2ccccc2[nH]1. The fourth-order valence-electron chi connectivity index (χ4n) is 3.33. The maximum atomic E-state index is 4.63. The Bertz CT molecular complexity index is 511. The Kier molecular flexibility index (Phi) is 3.45. The van der Waals surface area contributed by atoms with Gasteiger partial charge in [-0.25, -0.2) is 4.98 Å². The summed E-state index contributed by atoms with van der Waals surface area (Å²) in [4.78, 5) is 8.01. The van der Waals surface area contributed by atoms with Crippen LogP contribution in [-0.2, 0) is 0 Å². The molecule has 1 saturated carbocycles. The third-order valence-corrected chi connectivity index (χ3v) is 4.39. The Morgan fingerprint density at radius 2 is 2.00 bits per heavy atom. The number of imidazole rings is 1. The van der Waals surface area contributed by atoms with Crippen molar-refractivity contribution in [1.29, 1.82) is 0 Å². The molecular weight excluding hydrogens is 234 g/mol. The molecule has 2 aromatic rings. The van der Waals surface area contributed by atoms with Gasteiger partial charge in [-0.1, -0.05) is 38.8 Å². The molecule has 3 nitrogen and oxygen atoms in total. The van der Waals surface area contributed by atoms with Gasteiger partial charge in [0.1, 0.15) is 0 Å². The average molecular weight is 257 g/mol. The third kappa shape index (κ3) is 2.60. The quantitative estimate of drug-likeness (QED) is 0.865. The van der Waals surface area contributed by atoms with E-state index in [9.17, 15) is 0 Å². The van der Waals surface area contributed by atoms with Crippen LogP contribution in [0.3, 0.4) is 0 Å². The van der Waals surface area contributed by atoms with Crippen LogP contribution in [0, 0.1) is 11.8 Å². The van der Waals surface area contributed by atoms with Gasteiger partial charge >= 0.3 is 0 Å². The summed E-state index contributed by atoms with van der Waals surface area (Å²) in [6, 6.07) is 8.77. The van der Waals surface area contributed by atoms with Gasteiger partial charge in [0.05, 0.1) is 11.0 Å². The zero-order valence-electron chi connectivity index (χ0n) is 11.8. The highest BCUT2D eigenvalue weighted by Gasteiger charge is 2.27. The molecule has 2 atom stereocenters. The van der Waals surface area contributed by atoms with Crippen LogP contribution < -0.4 is 5.32 Å².